The molecule has 0 aliphatic rings. The van der Waals surface area contributed by atoms with Crippen LogP contribution >= 0.6 is 23.2 Å². The highest BCUT2D eigenvalue weighted by Crippen LogP contribution is 2.09. The van der Waals surface area contributed by atoms with E-state index in [0.29, 0.717) is 0 Å². The summed E-state index contributed by atoms with van der Waals surface area (Å²) in [6.45, 7) is 0. The fourth-order valence-electron chi connectivity index (χ4n) is 0.0945. The minimum absolute atomic E-state index is 0.262. The first kappa shape index (κ1) is 7.05. The molecule has 7 heavy (non-hydrogen) atoms. The van der Waals surface area contributed by atoms with Gasteiger partial charge in [0, 0.05) is 7.05 Å². The molecule has 0 atom stereocenters. The molecule has 1 amide bonds. The third-order valence-corrected chi connectivity index (χ3v) is 0.742. The smallest absolute Gasteiger partial charge is 0.259 e. The summed E-state index contributed by atoms with van der Waals surface area (Å²) >= 11 is 10.00. The molecule has 0 fully saturated rings. The van der Waals surface area contributed by atoms with Crippen molar-refractivity contribution in [2.45, 2.75) is 0 Å². The van der Waals surface area contributed by atoms with Crippen LogP contribution < -0.4 is 5.32 Å². The van der Waals surface area contributed by atoms with Crippen LogP contribution in [-0.2, 0) is 4.79 Å². The third kappa shape index (κ3) is 2.71. The summed E-state index contributed by atoms with van der Waals surface area (Å²) in [5.74, 6) is -0.455. The molecule has 41 valence electrons. The Morgan fingerprint density at radius 3 is 2.00 bits per heavy atom. The molecule has 0 aromatic heterocycles. The average Bonchev–Trinajstić information content (AvgIpc) is 1.65. The zero-order chi connectivity index (χ0) is 5.86. The van der Waals surface area contributed by atoms with E-state index < -0.39 is 5.91 Å². The normalized spacial score (nSPS) is 9.14. The van der Waals surface area contributed by atoms with Gasteiger partial charge in [-0.05, 0) is 0 Å². The molecule has 1 radical (unpaired) electrons. The first-order chi connectivity index (χ1) is 3.18. The number of rotatable bonds is 1. The van der Waals surface area contributed by atoms with Gasteiger partial charge in [-0.1, -0.05) is 23.2 Å². The second-order valence-electron chi connectivity index (χ2n) is 0.840. The van der Waals surface area contributed by atoms with Gasteiger partial charge in [0.15, 0.2) is 0 Å². The second-order valence-corrected chi connectivity index (χ2v) is 1.79. The van der Waals surface area contributed by atoms with E-state index in [-0.39, 0.29) is 4.84 Å². The van der Waals surface area contributed by atoms with Crippen molar-refractivity contribution in [1.82, 2.24) is 5.32 Å². The molecule has 0 aliphatic carbocycles. The Labute approximate surface area is 51.8 Å². The topological polar surface area (TPSA) is 29.1 Å². The lowest BCUT2D eigenvalue weighted by atomic mass is 10.7. The molecule has 0 saturated heterocycles. The van der Waals surface area contributed by atoms with E-state index in [1.807, 2.05) is 0 Å². The summed E-state index contributed by atoms with van der Waals surface area (Å²) in [5, 5.41) is 2.22. The van der Waals surface area contributed by atoms with Crippen molar-refractivity contribution >= 4 is 29.1 Å². The van der Waals surface area contributed by atoms with E-state index in [0.717, 1.165) is 0 Å². The van der Waals surface area contributed by atoms with Crippen molar-refractivity contribution in [3.63, 3.8) is 0 Å². The average molecular weight is 141 g/mol. The Hall–Kier alpha value is 0.0500. The molecule has 2 nitrogen and oxygen atoms in total. The minimum Gasteiger partial charge on any atom is -0.356 e. The quantitative estimate of drug-likeness (QED) is 0.572. The van der Waals surface area contributed by atoms with Gasteiger partial charge in [0.05, 0.1) is 0 Å². The molecular formula is C3H4Cl2NO. The number of amides is 1. The molecule has 0 heterocycles. The molecule has 0 aliphatic heterocycles. The zero-order valence-electron chi connectivity index (χ0n) is 3.66. The molecule has 1 N–H and O–H groups in total. The van der Waals surface area contributed by atoms with Crippen LogP contribution in [0.15, 0.2) is 0 Å². The molecular weight excluding hydrogens is 137 g/mol. The van der Waals surface area contributed by atoms with Crippen molar-refractivity contribution in [1.29, 1.82) is 0 Å². The van der Waals surface area contributed by atoms with E-state index in [1.54, 1.807) is 0 Å². The summed E-state index contributed by atoms with van der Waals surface area (Å²) in [4.78, 5) is 9.84. The standard InChI is InChI=1S/C3H4Cl2NO/c1-6-3(7)2(4)5/h1H3,(H,6,7). The molecule has 0 spiro atoms. The lowest BCUT2D eigenvalue weighted by molar-refractivity contribution is -0.117. The molecule has 0 unspecified atom stereocenters. The van der Waals surface area contributed by atoms with Crippen molar-refractivity contribution < 1.29 is 4.79 Å². The number of hydrogen-bond donors (Lipinski definition) is 1. The zero-order valence-corrected chi connectivity index (χ0v) is 5.18. The minimum atomic E-state index is -0.455. The number of carbonyl (C=O) groups is 1. The predicted molar refractivity (Wildman–Crippen MR) is 29.0 cm³/mol. The Bertz CT molecular complexity index is 73.3. The fourth-order valence-corrected chi connectivity index (χ4v) is 0.283. The monoisotopic (exact) mass is 140 g/mol. The highest BCUT2D eigenvalue weighted by Gasteiger charge is 2.08. The first-order valence-electron chi connectivity index (χ1n) is 1.58. The molecule has 0 rings (SSSR count). The van der Waals surface area contributed by atoms with E-state index in [4.69, 9.17) is 23.2 Å². The lowest BCUT2D eigenvalue weighted by Gasteiger charge is -1.92. The van der Waals surface area contributed by atoms with E-state index in [1.165, 1.54) is 7.05 Å². The van der Waals surface area contributed by atoms with Gasteiger partial charge >= 0.3 is 0 Å². The summed E-state index contributed by atoms with van der Waals surface area (Å²) in [5.41, 5.74) is 0. The van der Waals surface area contributed by atoms with E-state index >= 15 is 0 Å². The third-order valence-electron chi connectivity index (χ3n) is 0.399. The molecule has 0 saturated carbocycles. The maximum Gasteiger partial charge on any atom is 0.259 e. The van der Waals surface area contributed by atoms with Gasteiger partial charge in [0.1, 0.15) is 0 Å². The summed E-state index contributed by atoms with van der Waals surface area (Å²) in [6, 6.07) is 0. The van der Waals surface area contributed by atoms with Crippen LogP contribution in [0.5, 0.6) is 0 Å². The lowest BCUT2D eigenvalue weighted by Crippen LogP contribution is -2.19. The maximum absolute atomic E-state index is 10.1. The van der Waals surface area contributed by atoms with Crippen LogP contribution in [0.4, 0.5) is 0 Å². The number of nitrogens with one attached hydrogen (secondary N) is 1. The van der Waals surface area contributed by atoms with Gasteiger partial charge in [-0.15, -0.1) is 0 Å². The van der Waals surface area contributed by atoms with Crippen LogP contribution in [0.1, 0.15) is 0 Å². The SMILES string of the molecule is CNC(=O)[C](Cl)Cl. The summed E-state index contributed by atoms with van der Waals surface area (Å²) in [7, 11) is 1.45. The first-order valence-corrected chi connectivity index (χ1v) is 2.34. The van der Waals surface area contributed by atoms with Crippen molar-refractivity contribution in [3.05, 3.63) is 4.84 Å². The summed E-state index contributed by atoms with van der Waals surface area (Å²) in [6.07, 6.45) is 0. The van der Waals surface area contributed by atoms with Crippen LogP contribution in [-0.4, -0.2) is 13.0 Å². The number of carbonyl (C=O) groups excluding carboxylic acids is 1. The largest absolute Gasteiger partial charge is 0.356 e. The Kier molecular flexibility index (Phi) is 3.13. The van der Waals surface area contributed by atoms with Crippen LogP contribution in [0.25, 0.3) is 0 Å². The molecule has 4 heteroatoms. The van der Waals surface area contributed by atoms with Crippen LogP contribution in [0.3, 0.4) is 0 Å². The maximum atomic E-state index is 10.1. The summed E-state index contributed by atoms with van der Waals surface area (Å²) < 4.78 is 0. The fraction of sp³-hybridized carbons (Fsp3) is 0.333. The molecule has 0 aromatic carbocycles. The van der Waals surface area contributed by atoms with Crippen LogP contribution in [0, 0.1) is 4.84 Å². The van der Waals surface area contributed by atoms with Gasteiger partial charge in [-0.2, -0.15) is 0 Å². The van der Waals surface area contributed by atoms with Crippen molar-refractivity contribution in [2.24, 2.45) is 0 Å². The number of hydrogen-bond acceptors (Lipinski definition) is 1. The van der Waals surface area contributed by atoms with Gasteiger partial charge in [0.2, 0.25) is 4.84 Å². The molecule has 0 aromatic rings. The Morgan fingerprint density at radius 2 is 2.00 bits per heavy atom. The van der Waals surface area contributed by atoms with Crippen molar-refractivity contribution in [2.75, 3.05) is 7.05 Å². The van der Waals surface area contributed by atoms with Crippen LogP contribution in [0.2, 0.25) is 0 Å². The highest BCUT2D eigenvalue weighted by molar-refractivity contribution is 6.62. The van der Waals surface area contributed by atoms with Crippen molar-refractivity contribution in [3.8, 4) is 0 Å². The van der Waals surface area contributed by atoms with Gasteiger partial charge < -0.3 is 5.32 Å². The Balaban J connectivity index is 3.35. The van der Waals surface area contributed by atoms with E-state index in [9.17, 15) is 4.79 Å². The van der Waals surface area contributed by atoms with Gasteiger partial charge in [-0.25, -0.2) is 0 Å². The molecule has 0 bridgehead atoms. The van der Waals surface area contributed by atoms with Gasteiger partial charge in [0.25, 0.3) is 5.91 Å². The van der Waals surface area contributed by atoms with E-state index in [2.05, 4.69) is 5.32 Å². The number of halogens is 2. The second kappa shape index (κ2) is 3.10. The Morgan fingerprint density at radius 1 is 1.57 bits per heavy atom. The predicted octanol–water partition coefficient (Wildman–Crippen LogP) is 0.699. The highest BCUT2D eigenvalue weighted by atomic mass is 35.5. The van der Waals surface area contributed by atoms with Gasteiger partial charge in [-0.3, -0.25) is 4.79 Å².